The smallest absolute Gasteiger partial charge is 0.410 e. The van der Waals surface area contributed by atoms with E-state index in [0.717, 1.165) is 39.9 Å². The number of nitrogens with zero attached hydrogens (tertiary/aromatic N) is 2. The summed E-state index contributed by atoms with van der Waals surface area (Å²) in [6.45, 7) is 9.29. The lowest BCUT2D eigenvalue weighted by molar-refractivity contribution is -0.776. The van der Waals surface area contributed by atoms with Crippen LogP contribution in [-0.2, 0) is 47.6 Å². The van der Waals surface area contributed by atoms with Crippen molar-refractivity contribution in [2.24, 2.45) is 0 Å². The van der Waals surface area contributed by atoms with Crippen molar-refractivity contribution in [3.05, 3.63) is 30.1 Å². The summed E-state index contributed by atoms with van der Waals surface area (Å²) in [5.41, 5.74) is 0.0676. The Labute approximate surface area is 232 Å². The molecule has 0 saturated carbocycles. The van der Waals surface area contributed by atoms with Gasteiger partial charge in [-0.2, -0.15) is 4.57 Å². The number of amides is 1. The van der Waals surface area contributed by atoms with E-state index in [0.29, 0.717) is 13.0 Å². The van der Waals surface area contributed by atoms with Crippen LogP contribution in [0, 0.1) is 0 Å². The highest BCUT2D eigenvalue weighted by molar-refractivity contribution is 5.77. The molecule has 0 bridgehead atoms. The molecule has 2 aliphatic rings. The van der Waals surface area contributed by atoms with Crippen LogP contribution >= 0.6 is 0 Å². The molecule has 2 aliphatic heterocycles. The molecular formula is C27H37N2O11+. The first-order valence-electron chi connectivity index (χ1n) is 13.0. The lowest BCUT2D eigenvalue weighted by Crippen LogP contribution is -2.66. The summed E-state index contributed by atoms with van der Waals surface area (Å²) in [4.78, 5) is 63.4. The maximum atomic E-state index is 12.9. The molecule has 1 aromatic rings. The fraction of sp³-hybridized carbons (Fsp3) is 0.630. The monoisotopic (exact) mass is 565 g/mol. The van der Waals surface area contributed by atoms with E-state index in [1.165, 1.54) is 0 Å². The van der Waals surface area contributed by atoms with Gasteiger partial charge in [-0.3, -0.25) is 19.1 Å². The van der Waals surface area contributed by atoms with Crippen molar-refractivity contribution in [3.63, 3.8) is 0 Å². The van der Waals surface area contributed by atoms with Gasteiger partial charge < -0.3 is 28.6 Å². The van der Waals surface area contributed by atoms with E-state index in [-0.39, 0.29) is 6.04 Å². The Morgan fingerprint density at radius 2 is 1.55 bits per heavy atom. The zero-order valence-electron chi connectivity index (χ0n) is 23.8. The van der Waals surface area contributed by atoms with E-state index >= 15 is 0 Å². The van der Waals surface area contributed by atoms with Crippen molar-refractivity contribution >= 4 is 30.0 Å². The third kappa shape index (κ3) is 7.46. The molecule has 0 aromatic carbocycles. The molecule has 2 saturated heterocycles. The predicted octanol–water partition coefficient (Wildman–Crippen LogP) is 1.91. The van der Waals surface area contributed by atoms with E-state index in [1.807, 2.05) is 6.07 Å². The van der Waals surface area contributed by atoms with E-state index in [1.54, 1.807) is 48.7 Å². The summed E-state index contributed by atoms with van der Waals surface area (Å²) < 4.78 is 34.4. The maximum Gasteiger partial charge on any atom is 0.410 e. The van der Waals surface area contributed by atoms with E-state index in [4.69, 9.17) is 28.4 Å². The second-order valence-corrected chi connectivity index (χ2v) is 10.6. The quantitative estimate of drug-likeness (QED) is 0.283. The van der Waals surface area contributed by atoms with Gasteiger partial charge in [0.15, 0.2) is 24.6 Å². The molecule has 3 heterocycles. The molecule has 2 fully saturated rings. The van der Waals surface area contributed by atoms with Crippen LogP contribution in [0.25, 0.3) is 0 Å². The molecule has 0 N–H and O–H groups in total. The highest BCUT2D eigenvalue weighted by Gasteiger charge is 2.58. The van der Waals surface area contributed by atoms with Crippen LogP contribution in [0.3, 0.4) is 0 Å². The number of ether oxygens (including phenoxy) is 6. The van der Waals surface area contributed by atoms with Crippen LogP contribution in [0.2, 0.25) is 0 Å². The Hall–Kier alpha value is -3.74. The Balaban J connectivity index is 2.05. The highest BCUT2D eigenvalue weighted by Crippen LogP contribution is 2.35. The second kappa shape index (κ2) is 12.6. The van der Waals surface area contributed by atoms with Crippen LogP contribution in [0.15, 0.2) is 24.5 Å². The van der Waals surface area contributed by atoms with Gasteiger partial charge in [0.25, 0.3) is 0 Å². The number of carbonyl (C=O) groups is 5. The summed E-state index contributed by atoms with van der Waals surface area (Å²) in [6, 6.07) is 3.23. The number of esters is 4. The molecule has 0 radical (unpaired) electrons. The van der Waals surface area contributed by atoms with Crippen molar-refractivity contribution in [3.8, 4) is 0 Å². The van der Waals surface area contributed by atoms with E-state index in [2.05, 4.69) is 0 Å². The maximum absolute atomic E-state index is 12.9. The molecular weight excluding hydrogens is 528 g/mol. The minimum absolute atomic E-state index is 0.312. The van der Waals surface area contributed by atoms with Crippen LogP contribution in [-0.4, -0.2) is 78.5 Å². The second-order valence-electron chi connectivity index (χ2n) is 10.6. The lowest BCUT2D eigenvalue weighted by Gasteiger charge is -2.41. The van der Waals surface area contributed by atoms with Gasteiger partial charge in [0.05, 0.1) is 13.2 Å². The zero-order valence-corrected chi connectivity index (χ0v) is 23.8. The fourth-order valence-electron chi connectivity index (χ4n) is 4.85. The SMILES string of the molecule is COC(=O)[C@H]1O[C@@H]([n+]2cccc([C@H]3CCCN3C(=O)OC(C)(C)C)c2)[C@H](OC(C)=O)[C@@H](OC(C)=O)[C@@H]1OC(C)=O. The topological polar surface area (TPSA) is 148 Å². The largest absolute Gasteiger partial charge is 0.467 e. The van der Waals surface area contributed by atoms with Crippen molar-refractivity contribution in [2.75, 3.05) is 13.7 Å². The van der Waals surface area contributed by atoms with Crippen LogP contribution < -0.4 is 4.57 Å². The Bertz CT molecular complexity index is 1130. The number of pyridine rings is 1. The summed E-state index contributed by atoms with van der Waals surface area (Å²) >= 11 is 0. The first-order chi connectivity index (χ1) is 18.7. The summed E-state index contributed by atoms with van der Waals surface area (Å²) in [7, 11) is 1.13. The van der Waals surface area contributed by atoms with Gasteiger partial charge in [0.1, 0.15) is 5.60 Å². The molecule has 3 rings (SSSR count). The van der Waals surface area contributed by atoms with Crippen LogP contribution in [0.1, 0.15) is 72.2 Å². The van der Waals surface area contributed by atoms with E-state index in [9.17, 15) is 24.0 Å². The average molecular weight is 566 g/mol. The minimum Gasteiger partial charge on any atom is -0.467 e. The number of rotatable bonds is 6. The Morgan fingerprint density at radius 3 is 2.12 bits per heavy atom. The third-order valence-corrected chi connectivity index (χ3v) is 6.26. The first kappa shape index (κ1) is 30.8. The molecule has 1 aromatic heterocycles. The number of likely N-dealkylation sites (tertiary alicyclic amines) is 1. The van der Waals surface area contributed by atoms with Gasteiger partial charge in [-0.25, -0.2) is 9.59 Å². The minimum atomic E-state index is -1.52. The first-order valence-corrected chi connectivity index (χ1v) is 13.0. The molecule has 0 aliphatic carbocycles. The van der Waals surface area contributed by atoms with Crippen molar-refractivity contribution in [2.45, 2.75) is 96.7 Å². The van der Waals surface area contributed by atoms with E-state index < -0.39 is 66.2 Å². The molecule has 40 heavy (non-hydrogen) atoms. The van der Waals surface area contributed by atoms with Gasteiger partial charge in [0.2, 0.25) is 12.2 Å². The predicted molar refractivity (Wildman–Crippen MR) is 134 cm³/mol. The Morgan fingerprint density at radius 1 is 0.950 bits per heavy atom. The molecule has 6 atom stereocenters. The summed E-state index contributed by atoms with van der Waals surface area (Å²) in [5.74, 6) is -3.16. The highest BCUT2D eigenvalue weighted by atomic mass is 16.7. The number of hydrogen-bond acceptors (Lipinski definition) is 11. The average Bonchev–Trinajstić information content (AvgIpc) is 3.34. The zero-order chi connectivity index (χ0) is 29.8. The van der Waals surface area contributed by atoms with Gasteiger partial charge in [-0.15, -0.1) is 0 Å². The van der Waals surface area contributed by atoms with Crippen molar-refractivity contribution < 1.29 is 57.0 Å². The fourth-order valence-corrected chi connectivity index (χ4v) is 4.85. The van der Waals surface area contributed by atoms with Gasteiger partial charge >= 0.3 is 36.2 Å². The summed E-state index contributed by atoms with van der Waals surface area (Å²) in [5, 5.41) is 0. The van der Waals surface area contributed by atoms with Gasteiger partial charge in [0, 0.05) is 38.9 Å². The number of carbonyl (C=O) groups excluding carboxylic acids is 5. The third-order valence-electron chi connectivity index (χ3n) is 6.26. The van der Waals surface area contributed by atoms with Crippen molar-refractivity contribution in [1.82, 2.24) is 4.90 Å². The normalized spacial score (nSPS) is 26.4. The standard InChI is InChI=1S/C27H37N2O11/c1-15(30)36-20-21(37-16(2)31)23(25(33)35-7)39-24(22(20)38-17(3)32)28-12-8-10-18(14-28)19-11-9-13-29(19)26(34)40-27(4,5)6/h8,10,12,14,19-24H,9,11,13H2,1-7H3/q+1/t19-,20+,21+,22-,23+,24-/m1/s1. The van der Waals surface area contributed by atoms with Crippen LogP contribution in [0.5, 0.6) is 0 Å². The number of hydrogen-bond donors (Lipinski definition) is 0. The molecule has 13 nitrogen and oxygen atoms in total. The van der Waals surface area contributed by atoms with Gasteiger partial charge in [-0.1, -0.05) is 0 Å². The number of methoxy groups -OCH3 is 1. The van der Waals surface area contributed by atoms with Crippen molar-refractivity contribution in [1.29, 1.82) is 0 Å². The van der Waals surface area contributed by atoms with Gasteiger partial charge in [-0.05, 0) is 39.7 Å². The molecule has 0 unspecified atom stereocenters. The molecule has 220 valence electrons. The Kier molecular flexibility index (Phi) is 9.72. The number of aromatic nitrogens is 1. The lowest BCUT2D eigenvalue weighted by atomic mass is 9.96. The van der Waals surface area contributed by atoms with Crippen LogP contribution in [0.4, 0.5) is 4.79 Å². The molecule has 1 amide bonds. The summed E-state index contributed by atoms with van der Waals surface area (Å²) in [6.07, 6.45) is -2.61. The molecule has 0 spiro atoms. The molecule has 13 heteroatoms.